The van der Waals surface area contributed by atoms with Crippen LogP contribution in [0.4, 0.5) is 17.3 Å². The first-order chi connectivity index (χ1) is 8.36. The van der Waals surface area contributed by atoms with Gasteiger partial charge in [0, 0.05) is 9.24 Å². The average Bonchev–Trinajstić information content (AvgIpc) is 2.28. The number of halogens is 4. The van der Waals surface area contributed by atoms with E-state index in [1.807, 2.05) is 15.3 Å². The van der Waals surface area contributed by atoms with E-state index < -0.39 is 7.25 Å². The van der Waals surface area contributed by atoms with Gasteiger partial charge in [0.1, 0.15) is 0 Å². The molecule has 2 aromatic carbocycles. The molecule has 0 radical (unpaired) electrons. The molecule has 0 saturated heterocycles. The molecule has 0 saturated carbocycles. The van der Waals surface area contributed by atoms with Crippen molar-refractivity contribution >= 4 is 21.8 Å². The molecule has 1 atom stereocenters. The van der Waals surface area contributed by atoms with E-state index in [2.05, 4.69) is 48.5 Å². The molecule has 0 spiro atoms. The zero-order valence-corrected chi connectivity index (χ0v) is 10.9. The van der Waals surface area contributed by atoms with E-state index in [1.54, 1.807) is 0 Å². The van der Waals surface area contributed by atoms with E-state index in [0.717, 1.165) is 0 Å². The molecule has 18 heavy (non-hydrogen) atoms. The van der Waals surface area contributed by atoms with Crippen LogP contribution in [0.25, 0.3) is 11.1 Å². The van der Waals surface area contributed by atoms with E-state index in [4.69, 9.17) is 0 Å². The van der Waals surface area contributed by atoms with Gasteiger partial charge in [0.05, 0.1) is 5.30 Å². The van der Waals surface area contributed by atoms with Gasteiger partial charge in [-0.3, -0.25) is 0 Å². The number of rotatable bonds is 1. The molecule has 0 nitrogen and oxygen atoms in total. The first-order valence-corrected chi connectivity index (χ1v) is 5.92. The summed E-state index contributed by atoms with van der Waals surface area (Å²) in [5, 5.41) is 1.33. The Balaban J connectivity index is 0.000000280. The van der Waals surface area contributed by atoms with Gasteiger partial charge in [-0.15, -0.1) is 0 Å². The summed E-state index contributed by atoms with van der Waals surface area (Å²) >= 11 is 0. The molecule has 1 unspecified atom stereocenters. The lowest BCUT2D eigenvalue weighted by Crippen LogP contribution is -2.02. The number of benzene rings is 2. The van der Waals surface area contributed by atoms with Crippen molar-refractivity contribution in [2.24, 2.45) is 0 Å². The summed E-state index contributed by atoms with van der Waals surface area (Å²) in [5.41, 5.74) is 2.59. The first kappa shape index (κ1) is 14.7. The van der Waals surface area contributed by atoms with Crippen LogP contribution in [0.15, 0.2) is 54.6 Å². The molecule has 0 aliphatic heterocycles. The summed E-state index contributed by atoms with van der Waals surface area (Å²) in [6.07, 6.45) is 0. The highest BCUT2D eigenvalue weighted by atomic mass is 31.0. The molecule has 2 rings (SSSR count). The molecule has 0 N–H and O–H groups in total. The minimum Gasteiger partial charge on any atom is -0.418 e. The lowest BCUT2D eigenvalue weighted by molar-refractivity contribution is 0.368. The van der Waals surface area contributed by atoms with Crippen LogP contribution in [-0.4, -0.2) is 7.25 Å². The van der Waals surface area contributed by atoms with Crippen molar-refractivity contribution in [2.75, 3.05) is 0 Å². The first-order valence-electron chi connectivity index (χ1n) is 5.21. The van der Waals surface area contributed by atoms with Crippen LogP contribution in [0.5, 0.6) is 0 Å². The Kier molecular flexibility index (Phi) is 5.36. The van der Waals surface area contributed by atoms with Gasteiger partial charge in [-0.2, -0.15) is 0 Å². The second kappa shape index (κ2) is 6.55. The largest absolute Gasteiger partial charge is 0.673 e. The van der Waals surface area contributed by atoms with Crippen molar-refractivity contribution in [1.29, 1.82) is 0 Å². The maximum Gasteiger partial charge on any atom is 0.673 e. The van der Waals surface area contributed by atoms with Crippen LogP contribution < -0.4 is 5.30 Å². The topological polar surface area (TPSA) is 0 Å². The Morgan fingerprint density at radius 2 is 1.22 bits per heavy atom. The zero-order valence-electron chi connectivity index (χ0n) is 9.49. The van der Waals surface area contributed by atoms with Gasteiger partial charge in [0.25, 0.3) is 0 Å². The summed E-state index contributed by atoms with van der Waals surface area (Å²) in [7, 11) is -4.08. The lowest BCUT2D eigenvalue weighted by Gasteiger charge is -1.99. The van der Waals surface area contributed by atoms with E-state index in [9.17, 15) is 17.3 Å². The molecule has 0 aliphatic carbocycles. The highest BCUT2D eigenvalue weighted by molar-refractivity contribution is 7.27. The van der Waals surface area contributed by atoms with E-state index in [1.165, 1.54) is 16.4 Å². The quantitative estimate of drug-likeness (QED) is 0.420. The van der Waals surface area contributed by atoms with E-state index in [0.29, 0.717) is 0 Å². The SMILES string of the molecule is F[B-](F)(F)F.[PH3+]c1cccc(-c2ccccc2)c1. The van der Waals surface area contributed by atoms with Crippen molar-refractivity contribution in [3.63, 3.8) is 0 Å². The van der Waals surface area contributed by atoms with Gasteiger partial charge >= 0.3 is 7.25 Å². The summed E-state index contributed by atoms with van der Waals surface area (Å²) in [5.74, 6) is 0. The third-order valence-corrected chi connectivity index (χ3v) is 2.47. The summed E-state index contributed by atoms with van der Waals surface area (Å²) < 4.78 is 39.0. The lowest BCUT2D eigenvalue weighted by atomic mass is 10.1. The smallest absolute Gasteiger partial charge is 0.418 e. The Morgan fingerprint density at radius 3 is 1.72 bits per heavy atom. The van der Waals surface area contributed by atoms with Gasteiger partial charge in [0.2, 0.25) is 0 Å². The van der Waals surface area contributed by atoms with E-state index >= 15 is 0 Å². The van der Waals surface area contributed by atoms with Gasteiger partial charge in [-0.25, -0.2) is 0 Å². The molecular weight excluding hydrogens is 262 g/mol. The van der Waals surface area contributed by atoms with Gasteiger partial charge in [-0.1, -0.05) is 42.5 Å². The third kappa shape index (κ3) is 6.40. The van der Waals surface area contributed by atoms with Crippen molar-refractivity contribution in [3.8, 4) is 11.1 Å². The summed E-state index contributed by atoms with van der Waals surface area (Å²) in [6.45, 7) is 0. The van der Waals surface area contributed by atoms with Crippen molar-refractivity contribution < 1.29 is 17.3 Å². The van der Waals surface area contributed by atoms with Crippen LogP contribution in [0.1, 0.15) is 0 Å². The fourth-order valence-corrected chi connectivity index (χ4v) is 1.74. The van der Waals surface area contributed by atoms with Crippen molar-refractivity contribution in [2.45, 2.75) is 0 Å². The van der Waals surface area contributed by atoms with Crippen molar-refractivity contribution in [1.82, 2.24) is 0 Å². The maximum absolute atomic E-state index is 9.75. The van der Waals surface area contributed by atoms with Gasteiger partial charge in [-0.05, 0) is 23.3 Å². The normalized spacial score (nSPS) is 10.7. The van der Waals surface area contributed by atoms with E-state index in [-0.39, 0.29) is 0 Å². The van der Waals surface area contributed by atoms with Crippen LogP contribution in [-0.2, 0) is 0 Å². The minimum absolute atomic E-state index is 1.29. The standard InChI is InChI=1S/C12H11P.BF4/c13-12-8-4-7-11(9-12)10-5-2-1-3-6-10;2-1(3,4)5/h1-9H,13H2;/q;-1/p+1. The molecular formula is C12H12BF4P. The Bertz CT molecular complexity index is 479. The minimum atomic E-state index is -6.00. The Morgan fingerprint density at radius 1 is 0.722 bits per heavy atom. The Labute approximate surface area is 105 Å². The summed E-state index contributed by atoms with van der Waals surface area (Å²) in [6, 6.07) is 19.0. The maximum atomic E-state index is 9.75. The fraction of sp³-hybridized carbons (Fsp3) is 0. The van der Waals surface area contributed by atoms with Gasteiger partial charge in [0.15, 0.2) is 0 Å². The number of hydrogen-bond acceptors (Lipinski definition) is 0. The van der Waals surface area contributed by atoms with Crippen LogP contribution >= 0.6 is 9.24 Å². The average molecular weight is 274 g/mol. The molecule has 6 heteroatoms. The third-order valence-electron chi connectivity index (χ3n) is 2.03. The monoisotopic (exact) mass is 274 g/mol. The van der Waals surface area contributed by atoms with Crippen molar-refractivity contribution in [3.05, 3.63) is 54.6 Å². The van der Waals surface area contributed by atoms with Crippen LogP contribution in [0.3, 0.4) is 0 Å². The highest BCUT2D eigenvalue weighted by Gasteiger charge is 2.20. The molecule has 0 bridgehead atoms. The van der Waals surface area contributed by atoms with Gasteiger partial charge < -0.3 is 17.3 Å². The van der Waals surface area contributed by atoms with Crippen LogP contribution in [0.2, 0.25) is 0 Å². The fourth-order valence-electron chi connectivity index (χ4n) is 1.38. The molecule has 0 aliphatic rings. The molecule has 0 heterocycles. The number of hydrogen-bond donors (Lipinski definition) is 0. The molecule has 2 aromatic rings. The Hall–Kier alpha value is -1.35. The predicted molar refractivity (Wildman–Crippen MR) is 72.8 cm³/mol. The van der Waals surface area contributed by atoms with Crippen LogP contribution in [0, 0.1) is 0 Å². The molecule has 96 valence electrons. The predicted octanol–water partition coefficient (Wildman–Crippen LogP) is 3.89. The highest BCUT2D eigenvalue weighted by Crippen LogP contribution is 2.17. The zero-order chi connectivity index (χ0) is 13.6. The summed E-state index contributed by atoms with van der Waals surface area (Å²) in [4.78, 5) is 0. The molecule has 0 fully saturated rings. The molecule has 0 amide bonds. The second-order valence-corrected chi connectivity index (χ2v) is 4.38. The molecule has 0 aromatic heterocycles. The second-order valence-electron chi connectivity index (χ2n) is 3.56.